The number of hydrogen-bond donors (Lipinski definition) is 3. The summed E-state index contributed by atoms with van der Waals surface area (Å²) in [5.74, 6) is -1.43. The largest absolute Gasteiger partial charge is 0.497 e. The molecule has 3 N–H and O–H groups in total. The lowest BCUT2D eigenvalue weighted by atomic mass is 9.72. The molecule has 7 rings (SSSR count). The molecule has 0 saturated carbocycles. The Hall–Kier alpha value is -7.72. The highest BCUT2D eigenvalue weighted by Crippen LogP contribution is 2.38. The van der Waals surface area contributed by atoms with Crippen LogP contribution in [0.4, 0.5) is 27.5 Å². The second kappa shape index (κ2) is 21.4. The Kier molecular flexibility index (Phi) is 15.6. The van der Waals surface area contributed by atoms with Gasteiger partial charge in [0.15, 0.2) is 5.58 Å². The number of rotatable bonds is 17. The van der Waals surface area contributed by atoms with Crippen molar-refractivity contribution in [3.8, 4) is 11.8 Å². The summed E-state index contributed by atoms with van der Waals surface area (Å²) in [7, 11) is -6.63. The molecule has 0 spiro atoms. The Morgan fingerprint density at radius 1 is 0.865 bits per heavy atom. The van der Waals surface area contributed by atoms with Crippen molar-refractivity contribution in [3.05, 3.63) is 148 Å². The molecule has 0 bridgehead atoms. The first kappa shape index (κ1) is 54.1. The number of allylic oxidation sites excluding steroid dienone is 1. The van der Waals surface area contributed by atoms with E-state index in [-0.39, 0.29) is 66.8 Å². The van der Waals surface area contributed by atoms with Gasteiger partial charge in [0.1, 0.15) is 22.9 Å². The SMILES string of the molecule is CCN(C(=O)OC(C(=O)Nc1cc(NS(=O)(=O)c2ccc(NS(C)(=O)=O)c3ccccc23)ccc1Cl)C(=O)c1ccc(OC)cc1)c1ccc(/C=C(/C#N)c2nc3cc(C(C)(C)CC(C)(C)C)ccc3o2)c(C)c1. The third-order valence-electron chi connectivity index (χ3n) is 11.9. The van der Waals surface area contributed by atoms with Crippen LogP contribution >= 0.6 is 11.6 Å². The minimum absolute atomic E-state index is 0.00317. The predicted molar refractivity (Wildman–Crippen MR) is 290 cm³/mol. The monoisotopic (exact) mass is 1060 g/mol. The maximum atomic E-state index is 14.3. The van der Waals surface area contributed by atoms with Crippen molar-refractivity contribution in [2.45, 2.75) is 71.3 Å². The summed E-state index contributed by atoms with van der Waals surface area (Å²) >= 11 is 6.54. The molecule has 0 saturated heterocycles. The number of aromatic nitrogens is 1. The zero-order chi connectivity index (χ0) is 53.9. The van der Waals surface area contributed by atoms with Crippen molar-refractivity contribution < 1.29 is 45.1 Å². The van der Waals surface area contributed by atoms with Gasteiger partial charge in [-0.2, -0.15) is 5.26 Å². The Morgan fingerprint density at radius 3 is 2.20 bits per heavy atom. The Morgan fingerprint density at radius 2 is 1.57 bits per heavy atom. The molecular weight excluding hydrogens is 1000 g/mol. The van der Waals surface area contributed by atoms with Gasteiger partial charge in [-0.05, 0) is 133 Å². The number of halogens is 1. The van der Waals surface area contributed by atoms with Crippen molar-refractivity contribution in [2.75, 3.05) is 39.6 Å². The Labute approximate surface area is 435 Å². The highest BCUT2D eigenvalue weighted by molar-refractivity contribution is 7.93. The summed E-state index contributed by atoms with van der Waals surface area (Å²) in [4.78, 5) is 48.3. The van der Waals surface area contributed by atoms with Crippen LogP contribution in [0.25, 0.3) is 33.5 Å². The summed E-state index contributed by atoms with van der Waals surface area (Å²) in [6.07, 6.45) is 0.416. The molecule has 0 aliphatic rings. The summed E-state index contributed by atoms with van der Waals surface area (Å²) in [6.45, 7) is 14.5. The van der Waals surface area contributed by atoms with Crippen LogP contribution in [0.15, 0.2) is 125 Å². The number of carbonyl (C=O) groups excluding carboxylic acids is 3. The first-order valence-electron chi connectivity index (χ1n) is 23.2. The molecule has 2 amide bonds. The molecular formula is C55H55ClN6O10S2. The van der Waals surface area contributed by atoms with Gasteiger partial charge < -0.3 is 19.2 Å². The number of ether oxygens (including phenoxy) is 2. The van der Waals surface area contributed by atoms with Crippen LogP contribution < -0.4 is 24.4 Å². The molecule has 1 atom stereocenters. The van der Waals surface area contributed by atoms with Gasteiger partial charge >= 0.3 is 6.09 Å². The first-order valence-corrected chi connectivity index (χ1v) is 27.0. The topological polar surface area (TPSA) is 227 Å². The highest BCUT2D eigenvalue weighted by atomic mass is 35.5. The van der Waals surface area contributed by atoms with Crippen molar-refractivity contribution >= 4 is 106 Å². The van der Waals surface area contributed by atoms with E-state index in [1.807, 2.05) is 18.2 Å². The molecule has 19 heteroatoms. The van der Waals surface area contributed by atoms with Crippen molar-refractivity contribution in [2.24, 2.45) is 5.41 Å². The molecule has 0 aliphatic heterocycles. The van der Waals surface area contributed by atoms with E-state index in [1.165, 1.54) is 72.7 Å². The summed E-state index contributed by atoms with van der Waals surface area (Å²) < 4.78 is 73.8. The van der Waals surface area contributed by atoms with Crippen molar-refractivity contribution in [1.29, 1.82) is 5.26 Å². The number of amides is 2. The maximum absolute atomic E-state index is 14.3. The fourth-order valence-corrected chi connectivity index (χ4v) is 10.8. The summed E-state index contributed by atoms with van der Waals surface area (Å²) in [5.41, 5.74) is 4.05. The van der Waals surface area contributed by atoms with Crippen LogP contribution in [0.2, 0.25) is 5.02 Å². The fraction of sp³-hybridized carbons (Fsp3) is 0.255. The van der Waals surface area contributed by atoms with Gasteiger partial charge in [0, 0.05) is 28.6 Å². The number of hydrogen-bond acceptors (Lipinski definition) is 12. The van der Waals surface area contributed by atoms with E-state index in [0.717, 1.165) is 18.2 Å². The molecule has 1 unspecified atom stereocenters. The third kappa shape index (κ3) is 12.5. The number of sulfonamides is 2. The molecule has 1 heterocycles. The van der Waals surface area contributed by atoms with Crippen molar-refractivity contribution in [1.82, 2.24) is 4.98 Å². The quantitative estimate of drug-likeness (QED) is 0.0440. The third-order valence-corrected chi connectivity index (χ3v) is 14.3. The lowest BCUT2D eigenvalue weighted by molar-refractivity contribution is -0.122. The number of ketones is 1. The number of aryl methyl sites for hydroxylation is 1. The fourth-order valence-electron chi connectivity index (χ4n) is 8.78. The summed E-state index contributed by atoms with van der Waals surface area (Å²) in [5, 5.41) is 13.3. The van der Waals surface area contributed by atoms with Gasteiger partial charge in [0.25, 0.3) is 15.9 Å². The van der Waals surface area contributed by atoms with Crippen LogP contribution in [-0.4, -0.2) is 65.6 Å². The number of oxazole rings is 1. The van der Waals surface area contributed by atoms with E-state index in [1.54, 1.807) is 56.3 Å². The van der Waals surface area contributed by atoms with Gasteiger partial charge in [-0.3, -0.25) is 23.9 Å². The number of nitriles is 1. The molecule has 74 heavy (non-hydrogen) atoms. The minimum atomic E-state index is -4.37. The molecule has 0 aliphatic carbocycles. The van der Waals surface area contributed by atoms with Crippen LogP contribution in [0.5, 0.6) is 5.75 Å². The zero-order valence-electron chi connectivity index (χ0n) is 42.2. The number of Topliss-reactive ketones (excluding diaryl/α,β-unsaturated/α-hetero) is 1. The number of methoxy groups -OCH3 is 1. The average molecular weight is 1060 g/mol. The van der Waals surface area contributed by atoms with Gasteiger partial charge in [-0.25, -0.2) is 26.6 Å². The normalized spacial score (nSPS) is 12.7. The molecule has 0 fully saturated rings. The molecule has 0 radical (unpaired) electrons. The smallest absolute Gasteiger partial charge is 0.415 e. The van der Waals surface area contributed by atoms with Crippen LogP contribution in [-0.2, 0) is 35.0 Å². The highest BCUT2D eigenvalue weighted by Gasteiger charge is 2.35. The molecule has 16 nitrogen and oxygen atoms in total. The standard InChI is InChI=1S/C55H55ClN6O10S2/c1-10-62(39-20-15-35(33(2)27-39)28-36(31-57)52-59-46-29-37(18-25-47(46)71-52)55(6,7)32-54(3,4)5)53(65)72-50(49(63)34-16-21-40(70-8)22-17-34)51(64)58-45-30-38(19-23-43(45)56)60-74(68,69)48-26-24-44(61-73(9,66)67)41-13-11-12-14-42(41)48/h11-30,50,60-61H,10,32H2,1-9H3,(H,58,64)/b36-28-. The number of benzene rings is 6. The second-order valence-corrected chi connectivity index (χ2v) is 23.3. The second-order valence-electron chi connectivity index (χ2n) is 19.5. The maximum Gasteiger partial charge on any atom is 0.415 e. The molecule has 6 aromatic carbocycles. The lowest BCUT2D eigenvalue weighted by Gasteiger charge is -2.32. The van der Waals surface area contributed by atoms with E-state index in [0.29, 0.717) is 39.0 Å². The number of nitrogens with zero attached hydrogens (tertiary/aromatic N) is 3. The van der Waals surface area contributed by atoms with Crippen LogP contribution in [0.1, 0.15) is 80.9 Å². The number of carbonyl (C=O) groups is 3. The first-order chi connectivity index (χ1) is 34.8. The minimum Gasteiger partial charge on any atom is -0.497 e. The van der Waals surface area contributed by atoms with E-state index in [4.69, 9.17) is 25.5 Å². The predicted octanol–water partition coefficient (Wildman–Crippen LogP) is 11.8. The molecule has 7 aromatic rings. The molecule has 1 aromatic heterocycles. The van der Waals surface area contributed by atoms with Crippen molar-refractivity contribution in [3.63, 3.8) is 0 Å². The van der Waals surface area contributed by atoms with Gasteiger partial charge in [-0.15, -0.1) is 0 Å². The van der Waals surface area contributed by atoms with Gasteiger partial charge in [0.05, 0.1) is 40.3 Å². The van der Waals surface area contributed by atoms with Gasteiger partial charge in [-0.1, -0.05) is 82.6 Å². The van der Waals surface area contributed by atoms with E-state index in [2.05, 4.69) is 60.4 Å². The van der Waals surface area contributed by atoms with Gasteiger partial charge in [0.2, 0.25) is 27.8 Å². The van der Waals surface area contributed by atoms with Crippen LogP contribution in [0, 0.1) is 23.7 Å². The number of nitrogens with one attached hydrogen (secondary N) is 3. The average Bonchev–Trinajstić information content (AvgIpc) is 3.76. The number of fused-ring (bicyclic) bond motifs is 2. The zero-order valence-corrected chi connectivity index (χ0v) is 44.5. The Bertz CT molecular complexity index is 3640. The summed E-state index contributed by atoms with van der Waals surface area (Å²) in [6, 6.07) is 31.7. The molecule has 384 valence electrons. The van der Waals surface area contributed by atoms with E-state index in [9.17, 15) is 36.5 Å². The van der Waals surface area contributed by atoms with E-state index < -0.39 is 43.9 Å². The van der Waals surface area contributed by atoms with E-state index >= 15 is 0 Å². The number of anilines is 4. The Balaban J connectivity index is 1.13. The lowest BCUT2D eigenvalue weighted by Crippen LogP contribution is -2.43. The van der Waals surface area contributed by atoms with Crippen LogP contribution in [0.3, 0.4) is 0 Å².